The van der Waals surface area contributed by atoms with Crippen LogP contribution in [0.1, 0.15) is 0 Å². The highest BCUT2D eigenvalue weighted by Gasteiger charge is 1.98. The van der Waals surface area contributed by atoms with Crippen LogP contribution < -0.4 is 5.56 Å². The van der Waals surface area contributed by atoms with Crippen LogP contribution in [0.4, 0.5) is 0 Å². The van der Waals surface area contributed by atoms with E-state index < -0.39 is 0 Å². The first-order chi connectivity index (χ1) is 4.22. The standard InChI is InChI=1S/C4H2ClIN2O/c5-3-2(6)1-7-8-4(3)9/h1H,(H,8,9). The predicted octanol–water partition coefficient (Wildman–Crippen LogP) is 1.03. The molecule has 1 rings (SSSR count). The van der Waals surface area contributed by atoms with E-state index in [1.165, 1.54) is 6.20 Å². The van der Waals surface area contributed by atoms with Gasteiger partial charge in [0.05, 0.1) is 9.77 Å². The SMILES string of the molecule is O=c1[nH]ncc(I)c1Cl. The van der Waals surface area contributed by atoms with Crippen molar-refractivity contribution in [2.75, 3.05) is 0 Å². The fraction of sp³-hybridized carbons (Fsp3) is 0. The molecule has 0 amide bonds. The number of halogens is 2. The smallest absolute Gasteiger partial charge is 0.266 e. The second kappa shape index (κ2) is 2.66. The highest BCUT2D eigenvalue weighted by Crippen LogP contribution is 2.09. The third kappa shape index (κ3) is 1.42. The summed E-state index contributed by atoms with van der Waals surface area (Å²) in [5.74, 6) is 0. The van der Waals surface area contributed by atoms with Gasteiger partial charge in [-0.1, -0.05) is 11.6 Å². The van der Waals surface area contributed by atoms with Crippen molar-refractivity contribution in [3.05, 3.63) is 25.1 Å². The van der Waals surface area contributed by atoms with Crippen molar-refractivity contribution in [1.82, 2.24) is 10.2 Å². The molecule has 5 heteroatoms. The Morgan fingerprint density at radius 3 is 2.89 bits per heavy atom. The lowest BCUT2D eigenvalue weighted by atomic mass is 10.6. The molecule has 0 aromatic carbocycles. The van der Waals surface area contributed by atoms with Crippen molar-refractivity contribution in [1.29, 1.82) is 0 Å². The lowest BCUT2D eigenvalue weighted by Crippen LogP contribution is -2.08. The summed E-state index contributed by atoms with van der Waals surface area (Å²) < 4.78 is 0.665. The maximum Gasteiger partial charge on any atom is 0.284 e. The summed E-state index contributed by atoms with van der Waals surface area (Å²) in [4.78, 5) is 10.6. The number of rotatable bonds is 0. The minimum Gasteiger partial charge on any atom is -0.266 e. The second-order valence-corrected chi connectivity index (χ2v) is 2.90. The molecule has 0 aliphatic heterocycles. The molecule has 0 fully saturated rings. The molecule has 0 unspecified atom stereocenters. The monoisotopic (exact) mass is 256 g/mol. The van der Waals surface area contributed by atoms with Crippen LogP contribution in [-0.4, -0.2) is 10.2 Å². The van der Waals surface area contributed by atoms with Crippen molar-refractivity contribution in [3.63, 3.8) is 0 Å². The van der Waals surface area contributed by atoms with E-state index in [0.29, 0.717) is 3.57 Å². The number of aromatic nitrogens is 2. The molecule has 0 aliphatic carbocycles. The quantitative estimate of drug-likeness (QED) is 0.705. The zero-order chi connectivity index (χ0) is 6.85. The van der Waals surface area contributed by atoms with E-state index in [1.807, 2.05) is 22.6 Å². The van der Waals surface area contributed by atoms with Crippen molar-refractivity contribution < 1.29 is 0 Å². The van der Waals surface area contributed by atoms with Gasteiger partial charge in [-0.25, -0.2) is 5.10 Å². The number of aromatic amines is 1. The highest BCUT2D eigenvalue weighted by atomic mass is 127. The Kier molecular flexibility index (Phi) is 2.07. The average Bonchev–Trinajstić information content (AvgIpc) is 1.83. The Morgan fingerprint density at radius 2 is 2.44 bits per heavy atom. The minimum absolute atomic E-state index is 0.200. The molecule has 9 heavy (non-hydrogen) atoms. The summed E-state index contributed by atoms with van der Waals surface area (Å²) >= 11 is 7.42. The van der Waals surface area contributed by atoms with E-state index in [1.54, 1.807) is 0 Å². The number of hydrogen-bond donors (Lipinski definition) is 1. The summed E-state index contributed by atoms with van der Waals surface area (Å²) in [5.41, 5.74) is -0.344. The molecule has 0 bridgehead atoms. The van der Waals surface area contributed by atoms with Gasteiger partial charge in [-0.15, -0.1) is 0 Å². The first-order valence-corrected chi connectivity index (χ1v) is 3.56. The Balaban J connectivity index is 3.43. The van der Waals surface area contributed by atoms with Gasteiger partial charge in [0.25, 0.3) is 5.56 Å². The number of hydrogen-bond acceptors (Lipinski definition) is 2. The van der Waals surface area contributed by atoms with Crippen LogP contribution in [0.25, 0.3) is 0 Å². The Bertz CT molecular complexity index is 272. The van der Waals surface area contributed by atoms with Crippen LogP contribution in [0.15, 0.2) is 11.0 Å². The lowest BCUT2D eigenvalue weighted by Gasteiger charge is -1.88. The molecule has 1 aromatic rings. The maximum absolute atomic E-state index is 10.6. The van der Waals surface area contributed by atoms with Gasteiger partial charge in [-0.3, -0.25) is 4.79 Å². The molecule has 1 heterocycles. The fourth-order valence-electron chi connectivity index (χ4n) is 0.362. The van der Waals surface area contributed by atoms with Crippen LogP contribution in [-0.2, 0) is 0 Å². The molecule has 1 N–H and O–H groups in total. The molecule has 48 valence electrons. The van der Waals surface area contributed by atoms with Crippen molar-refractivity contribution >= 4 is 34.2 Å². The van der Waals surface area contributed by atoms with E-state index in [9.17, 15) is 4.79 Å². The number of H-pyrrole nitrogens is 1. The van der Waals surface area contributed by atoms with Gasteiger partial charge in [0.15, 0.2) is 0 Å². The summed E-state index contributed by atoms with van der Waals surface area (Å²) in [7, 11) is 0. The fourth-order valence-corrected chi connectivity index (χ4v) is 0.837. The molecule has 1 aromatic heterocycles. The number of nitrogens with zero attached hydrogens (tertiary/aromatic N) is 1. The number of nitrogens with one attached hydrogen (secondary N) is 1. The zero-order valence-electron chi connectivity index (χ0n) is 4.19. The van der Waals surface area contributed by atoms with Gasteiger partial charge in [0.2, 0.25) is 0 Å². The maximum atomic E-state index is 10.6. The summed E-state index contributed by atoms with van der Waals surface area (Å²) in [5, 5.41) is 5.91. The van der Waals surface area contributed by atoms with E-state index in [4.69, 9.17) is 11.6 Å². The molecular weight excluding hydrogens is 254 g/mol. The Morgan fingerprint density at radius 1 is 1.78 bits per heavy atom. The van der Waals surface area contributed by atoms with Crippen molar-refractivity contribution in [3.8, 4) is 0 Å². The van der Waals surface area contributed by atoms with Gasteiger partial charge in [-0.2, -0.15) is 5.10 Å². The summed E-state index contributed by atoms with van der Waals surface area (Å²) in [6, 6.07) is 0. The van der Waals surface area contributed by atoms with Gasteiger partial charge < -0.3 is 0 Å². The molecule has 0 aliphatic rings. The van der Waals surface area contributed by atoms with Gasteiger partial charge >= 0.3 is 0 Å². The third-order valence-corrected chi connectivity index (χ3v) is 2.27. The van der Waals surface area contributed by atoms with Crippen LogP contribution in [0.2, 0.25) is 5.02 Å². The lowest BCUT2D eigenvalue weighted by molar-refractivity contribution is 0.980. The molecule has 0 atom stereocenters. The average molecular weight is 256 g/mol. The summed E-state index contributed by atoms with van der Waals surface area (Å²) in [6.07, 6.45) is 1.49. The van der Waals surface area contributed by atoms with Gasteiger partial charge in [-0.05, 0) is 22.6 Å². The molecule has 0 spiro atoms. The van der Waals surface area contributed by atoms with Gasteiger partial charge in [0, 0.05) is 0 Å². The molecular formula is C4H2ClIN2O. The highest BCUT2D eigenvalue weighted by molar-refractivity contribution is 14.1. The predicted molar refractivity (Wildman–Crippen MR) is 42.6 cm³/mol. The van der Waals surface area contributed by atoms with Crippen molar-refractivity contribution in [2.45, 2.75) is 0 Å². The van der Waals surface area contributed by atoms with Crippen molar-refractivity contribution in [2.24, 2.45) is 0 Å². The first kappa shape index (κ1) is 7.01. The van der Waals surface area contributed by atoms with E-state index in [-0.39, 0.29) is 10.6 Å². The largest absolute Gasteiger partial charge is 0.284 e. The van der Waals surface area contributed by atoms with Crippen LogP contribution in [0, 0.1) is 3.57 Å². The molecule has 0 saturated carbocycles. The molecule has 0 radical (unpaired) electrons. The third-order valence-electron chi connectivity index (χ3n) is 0.753. The Labute approximate surface area is 69.6 Å². The normalized spacial score (nSPS) is 9.56. The van der Waals surface area contributed by atoms with Gasteiger partial charge in [0.1, 0.15) is 5.02 Å². The topological polar surface area (TPSA) is 45.8 Å². The second-order valence-electron chi connectivity index (χ2n) is 1.36. The van der Waals surface area contributed by atoms with E-state index in [2.05, 4.69) is 10.2 Å². The van der Waals surface area contributed by atoms with Crippen LogP contribution >= 0.6 is 34.2 Å². The zero-order valence-corrected chi connectivity index (χ0v) is 7.10. The van der Waals surface area contributed by atoms with Crippen LogP contribution in [0.3, 0.4) is 0 Å². The molecule has 0 saturated heterocycles. The Hall–Kier alpha value is -0.100. The van der Waals surface area contributed by atoms with E-state index in [0.717, 1.165) is 0 Å². The minimum atomic E-state index is -0.344. The summed E-state index contributed by atoms with van der Waals surface area (Å²) in [6.45, 7) is 0. The molecule has 3 nitrogen and oxygen atoms in total. The van der Waals surface area contributed by atoms with Crippen LogP contribution in [0.5, 0.6) is 0 Å². The first-order valence-electron chi connectivity index (χ1n) is 2.10. The van der Waals surface area contributed by atoms with E-state index >= 15 is 0 Å².